The number of carbonyl (C=O) groups excluding carboxylic acids is 1. The van der Waals surface area contributed by atoms with Crippen LogP contribution < -0.4 is 9.61 Å². The van der Waals surface area contributed by atoms with Gasteiger partial charge in [0.25, 0.3) is 7.65 Å². The van der Waals surface area contributed by atoms with Gasteiger partial charge in [0.2, 0.25) is 0 Å². The first-order valence-corrected chi connectivity index (χ1v) is 10.3. The van der Waals surface area contributed by atoms with Crippen molar-refractivity contribution in [3.8, 4) is 5.75 Å². The molecular weight excluding hydrogens is 363 g/mol. The summed E-state index contributed by atoms with van der Waals surface area (Å²) in [7, 11) is -1.56. The monoisotopic (exact) mass is 382 g/mol. The minimum Gasteiger partial charge on any atom is -0.461 e. The molecule has 25 heavy (non-hydrogen) atoms. The van der Waals surface area contributed by atoms with Crippen molar-refractivity contribution in [2.75, 3.05) is 13.2 Å². The largest absolute Gasteiger partial charge is 0.461 e. The highest BCUT2D eigenvalue weighted by molar-refractivity contribution is 7.78. The molecule has 2 unspecified atom stereocenters. The highest BCUT2D eigenvalue weighted by Crippen LogP contribution is 2.41. The zero-order chi connectivity index (χ0) is 17.6. The van der Waals surface area contributed by atoms with E-state index >= 15 is 0 Å². The standard InChI is InChI=1S/C17H20ClN2O4P/c1-12(17(21)23-13-7-10-22-11-8-13)20-25(18)24-16-6-2-5-15-14(16)4-3-9-19-15/h2-6,9,12-13,20H,7-8,10-11H2,1H3. The number of halogens is 1. The number of carbonyl (C=O) groups is 1. The van der Waals surface area contributed by atoms with Gasteiger partial charge in [-0.1, -0.05) is 6.07 Å². The number of hydrogen-bond acceptors (Lipinski definition) is 6. The van der Waals surface area contributed by atoms with Crippen molar-refractivity contribution in [3.05, 3.63) is 36.5 Å². The number of hydrogen-bond donors (Lipinski definition) is 1. The SMILES string of the molecule is CC(NP(Cl)Oc1cccc2ncccc12)C(=O)OC1CCOCC1. The first-order valence-electron chi connectivity index (χ1n) is 8.15. The molecule has 1 saturated heterocycles. The molecule has 1 fully saturated rings. The van der Waals surface area contributed by atoms with E-state index in [1.54, 1.807) is 13.1 Å². The van der Waals surface area contributed by atoms with Gasteiger partial charge in [0.05, 0.1) is 18.7 Å². The zero-order valence-corrected chi connectivity index (χ0v) is 15.5. The second-order valence-electron chi connectivity index (χ2n) is 5.76. The Bertz CT molecular complexity index is 721. The third-order valence-corrected chi connectivity index (χ3v) is 5.33. The molecule has 1 aromatic carbocycles. The van der Waals surface area contributed by atoms with Crippen LogP contribution in [0.1, 0.15) is 19.8 Å². The lowest BCUT2D eigenvalue weighted by Crippen LogP contribution is -2.36. The number of fused-ring (bicyclic) bond motifs is 1. The summed E-state index contributed by atoms with van der Waals surface area (Å²) >= 11 is 6.28. The summed E-state index contributed by atoms with van der Waals surface area (Å²) in [6.07, 6.45) is 3.10. The smallest absolute Gasteiger partial charge is 0.323 e. The van der Waals surface area contributed by atoms with Crippen LogP contribution in [-0.2, 0) is 14.3 Å². The van der Waals surface area contributed by atoms with Crippen LogP contribution >= 0.6 is 18.9 Å². The summed E-state index contributed by atoms with van der Waals surface area (Å²) in [4.78, 5) is 16.5. The van der Waals surface area contributed by atoms with Crippen LogP contribution in [0.5, 0.6) is 5.75 Å². The van der Waals surface area contributed by atoms with E-state index in [4.69, 9.17) is 25.2 Å². The Morgan fingerprint density at radius 3 is 2.96 bits per heavy atom. The number of ether oxygens (including phenoxy) is 2. The van der Waals surface area contributed by atoms with Crippen molar-refractivity contribution in [2.45, 2.75) is 31.9 Å². The minimum atomic E-state index is -1.56. The lowest BCUT2D eigenvalue weighted by Gasteiger charge is -2.24. The molecule has 134 valence electrons. The molecule has 0 amide bonds. The van der Waals surface area contributed by atoms with Crippen molar-refractivity contribution in [3.63, 3.8) is 0 Å². The fraction of sp³-hybridized carbons (Fsp3) is 0.412. The average Bonchev–Trinajstić information content (AvgIpc) is 2.63. The molecule has 2 aromatic rings. The van der Waals surface area contributed by atoms with E-state index in [1.807, 2.05) is 30.3 Å². The van der Waals surface area contributed by atoms with Crippen molar-refractivity contribution in [1.29, 1.82) is 0 Å². The van der Waals surface area contributed by atoms with Gasteiger partial charge in [0.15, 0.2) is 0 Å². The Morgan fingerprint density at radius 1 is 1.36 bits per heavy atom. The lowest BCUT2D eigenvalue weighted by molar-refractivity contribution is -0.154. The third-order valence-electron chi connectivity index (χ3n) is 3.88. The van der Waals surface area contributed by atoms with Gasteiger partial charge in [-0.3, -0.25) is 9.78 Å². The Balaban J connectivity index is 1.55. The summed E-state index contributed by atoms with van der Waals surface area (Å²) in [5.41, 5.74) is 0.826. The van der Waals surface area contributed by atoms with E-state index in [1.165, 1.54) is 0 Å². The van der Waals surface area contributed by atoms with Crippen LogP contribution in [0, 0.1) is 0 Å². The Hall–Kier alpha value is -1.46. The number of benzene rings is 1. The van der Waals surface area contributed by atoms with Crippen LogP contribution in [0.15, 0.2) is 36.5 Å². The van der Waals surface area contributed by atoms with Crippen molar-refractivity contribution in [1.82, 2.24) is 10.1 Å². The number of esters is 1. The molecule has 1 aliphatic rings. The van der Waals surface area contributed by atoms with Gasteiger partial charge < -0.3 is 14.0 Å². The molecule has 3 rings (SSSR count). The van der Waals surface area contributed by atoms with Gasteiger partial charge >= 0.3 is 5.97 Å². The van der Waals surface area contributed by atoms with E-state index in [-0.39, 0.29) is 12.1 Å². The predicted molar refractivity (Wildman–Crippen MR) is 97.7 cm³/mol. The van der Waals surface area contributed by atoms with E-state index < -0.39 is 13.7 Å². The van der Waals surface area contributed by atoms with Gasteiger partial charge in [-0.05, 0) is 42.4 Å². The summed E-state index contributed by atoms with van der Waals surface area (Å²) < 4.78 is 16.5. The summed E-state index contributed by atoms with van der Waals surface area (Å²) in [5, 5.41) is 3.84. The maximum atomic E-state index is 12.2. The third kappa shape index (κ3) is 5.02. The van der Waals surface area contributed by atoms with Gasteiger partial charge in [-0.15, -0.1) is 0 Å². The van der Waals surface area contributed by atoms with Gasteiger partial charge in [0, 0.05) is 24.4 Å². The molecule has 2 heterocycles. The van der Waals surface area contributed by atoms with Crippen LogP contribution in [0.2, 0.25) is 0 Å². The molecule has 0 radical (unpaired) electrons. The normalized spacial score (nSPS) is 17.8. The van der Waals surface area contributed by atoms with Gasteiger partial charge in [0.1, 0.15) is 17.9 Å². The highest BCUT2D eigenvalue weighted by Gasteiger charge is 2.24. The Morgan fingerprint density at radius 2 is 2.16 bits per heavy atom. The van der Waals surface area contributed by atoms with Gasteiger partial charge in [-0.2, -0.15) is 0 Å². The van der Waals surface area contributed by atoms with E-state index in [2.05, 4.69) is 10.1 Å². The van der Waals surface area contributed by atoms with Crippen molar-refractivity contribution in [2.24, 2.45) is 0 Å². The van der Waals surface area contributed by atoms with Crippen molar-refractivity contribution >= 4 is 35.8 Å². The first kappa shape index (κ1) is 18.3. The van der Waals surface area contributed by atoms with E-state index in [9.17, 15) is 4.79 Å². The second kappa shape index (κ2) is 8.77. The topological polar surface area (TPSA) is 69.7 Å². The molecule has 0 aliphatic carbocycles. The number of nitrogens with zero attached hydrogens (tertiary/aromatic N) is 1. The summed E-state index contributed by atoms with van der Waals surface area (Å²) in [5.74, 6) is 0.299. The molecule has 0 spiro atoms. The highest BCUT2D eigenvalue weighted by atomic mass is 35.7. The fourth-order valence-electron chi connectivity index (χ4n) is 2.53. The fourth-order valence-corrected chi connectivity index (χ4v) is 3.99. The Kier molecular flexibility index (Phi) is 6.43. The molecule has 6 nitrogen and oxygen atoms in total. The summed E-state index contributed by atoms with van der Waals surface area (Å²) in [6, 6.07) is 8.79. The predicted octanol–water partition coefficient (Wildman–Crippen LogP) is 3.78. The molecule has 1 aromatic heterocycles. The van der Waals surface area contributed by atoms with E-state index in [0.717, 1.165) is 23.7 Å². The maximum absolute atomic E-state index is 12.2. The molecule has 1 N–H and O–H groups in total. The maximum Gasteiger partial charge on any atom is 0.323 e. The van der Waals surface area contributed by atoms with Crippen molar-refractivity contribution < 1.29 is 18.8 Å². The number of rotatable bonds is 6. The van der Waals surface area contributed by atoms with Crippen LogP contribution in [0.3, 0.4) is 0 Å². The number of aromatic nitrogens is 1. The quantitative estimate of drug-likeness (QED) is 0.605. The van der Waals surface area contributed by atoms with Crippen LogP contribution in [0.25, 0.3) is 10.9 Å². The Labute approximate surface area is 152 Å². The van der Waals surface area contributed by atoms with Gasteiger partial charge in [-0.25, -0.2) is 5.09 Å². The minimum absolute atomic E-state index is 0.0860. The molecule has 8 heteroatoms. The molecule has 2 atom stereocenters. The second-order valence-corrected chi connectivity index (χ2v) is 7.61. The molecule has 0 saturated carbocycles. The van der Waals surface area contributed by atoms with Crippen LogP contribution in [0.4, 0.5) is 0 Å². The number of pyridine rings is 1. The lowest BCUT2D eigenvalue weighted by atomic mass is 10.1. The number of nitrogens with one attached hydrogen (secondary N) is 1. The van der Waals surface area contributed by atoms with E-state index in [0.29, 0.717) is 19.0 Å². The molecular formula is C17H20ClN2O4P. The molecule has 1 aliphatic heterocycles. The van der Waals surface area contributed by atoms with Crippen LogP contribution in [-0.4, -0.2) is 36.3 Å². The summed E-state index contributed by atoms with van der Waals surface area (Å²) in [6.45, 7) is 2.97. The zero-order valence-electron chi connectivity index (χ0n) is 13.9. The first-order chi connectivity index (χ1) is 12.1. The average molecular weight is 383 g/mol. The molecule has 0 bridgehead atoms.